The van der Waals surface area contributed by atoms with E-state index in [1.165, 1.54) is 0 Å². The quantitative estimate of drug-likeness (QED) is 0.455. The second-order valence-corrected chi connectivity index (χ2v) is 5.70. The predicted octanol–water partition coefficient (Wildman–Crippen LogP) is -1.06. The van der Waals surface area contributed by atoms with Gasteiger partial charge in [0.25, 0.3) is 0 Å². The summed E-state index contributed by atoms with van der Waals surface area (Å²) in [5, 5.41) is 18.3. The Kier molecular flexibility index (Phi) is 2.80. The van der Waals surface area contributed by atoms with Gasteiger partial charge in [0, 0.05) is 0 Å². The molecule has 0 atom stereocenters. The van der Waals surface area contributed by atoms with Crippen molar-refractivity contribution in [2.45, 2.75) is 0 Å². The van der Waals surface area contributed by atoms with E-state index in [4.69, 9.17) is 13.4 Å². The summed E-state index contributed by atoms with van der Waals surface area (Å²) in [4.78, 5) is 0. The Labute approximate surface area is 76.6 Å². The summed E-state index contributed by atoms with van der Waals surface area (Å²) in [7, 11) is 0. The molecule has 0 aliphatic heterocycles. The molecule has 3 N–H and O–H groups in total. The fourth-order valence-corrected chi connectivity index (χ4v) is 1.90. The molecule has 0 unspecified atom stereocenters. The molecule has 0 fully saturated rings. The van der Waals surface area contributed by atoms with Crippen molar-refractivity contribution in [1.29, 1.82) is 0 Å². The van der Waals surface area contributed by atoms with Crippen LogP contribution in [-0.2, 0) is 3.74 Å². The summed E-state index contributed by atoms with van der Waals surface area (Å²) in [5.74, 6) is 0. The monoisotopic (exact) mass is 248 g/mol. The molecule has 0 saturated heterocycles. The van der Waals surface area contributed by atoms with E-state index < -0.39 is 14.2 Å². The topological polar surface area (TPSA) is 104 Å². The van der Waals surface area contributed by atoms with Crippen LogP contribution in [0.25, 0.3) is 0 Å². The van der Waals surface area contributed by atoms with Gasteiger partial charge in [-0.25, -0.2) is 0 Å². The van der Waals surface area contributed by atoms with Crippen LogP contribution in [-0.4, -0.2) is 27.6 Å². The fourth-order valence-electron chi connectivity index (χ4n) is 0.774. The molecule has 7 heteroatoms. The molecule has 1 rings (SSSR count). The number of anilines is 1. The summed E-state index contributed by atoms with van der Waals surface area (Å²) < 4.78 is 28.1. The van der Waals surface area contributed by atoms with E-state index in [0.29, 0.717) is 0 Å². The molecule has 0 amide bonds. The van der Waals surface area contributed by atoms with Gasteiger partial charge in [0.15, 0.2) is 0 Å². The molecule has 0 bridgehead atoms. The second-order valence-electron chi connectivity index (χ2n) is 2.33. The van der Waals surface area contributed by atoms with Gasteiger partial charge >= 0.3 is 76.0 Å². The van der Waals surface area contributed by atoms with E-state index in [2.05, 4.69) is 0 Å². The van der Waals surface area contributed by atoms with Crippen LogP contribution in [0.5, 0.6) is 0 Å². The zero-order valence-electron chi connectivity index (χ0n) is 6.36. The van der Waals surface area contributed by atoms with Crippen LogP contribution < -0.4 is 9.58 Å². The van der Waals surface area contributed by atoms with Gasteiger partial charge in [-0.1, -0.05) is 0 Å². The molecule has 0 saturated carbocycles. The third-order valence-corrected chi connectivity index (χ3v) is 3.44. The van der Waals surface area contributed by atoms with Crippen LogP contribution in [0.15, 0.2) is 24.3 Å². The first-order chi connectivity index (χ1) is 5.91. The van der Waals surface area contributed by atoms with E-state index >= 15 is 0 Å². The second kappa shape index (κ2) is 3.53. The Morgan fingerprint density at radius 1 is 1.23 bits per heavy atom. The van der Waals surface area contributed by atoms with Crippen LogP contribution in [0, 0.1) is 5.21 Å². The molecule has 13 heavy (non-hydrogen) atoms. The Morgan fingerprint density at radius 2 is 1.69 bits per heavy atom. The molecule has 0 aromatic heterocycles. The Bertz CT molecular complexity index is 329. The summed E-state index contributed by atoms with van der Waals surface area (Å²) in [6.07, 6.45) is 0. The first-order valence-electron chi connectivity index (χ1n) is 3.23. The maximum absolute atomic E-state index is 10.7. The standard InChI is InChI=1S/C6H7AsNO5/c9-7(10,11)5-1-3-6(4-2-5)8(12)13/h1-4,12H,(H2,9,10,11)/q-1. The Morgan fingerprint density at radius 3 is 2.00 bits per heavy atom. The van der Waals surface area contributed by atoms with Crippen LogP contribution in [0.4, 0.5) is 5.69 Å². The minimum absolute atomic E-state index is 0.0762. The molecule has 0 radical (unpaired) electrons. The average Bonchev–Trinajstić information content (AvgIpc) is 2.03. The molecule has 1 aromatic rings. The van der Waals surface area contributed by atoms with Crippen molar-refractivity contribution < 1.29 is 17.1 Å². The first kappa shape index (κ1) is 10.3. The van der Waals surface area contributed by atoms with E-state index in [-0.39, 0.29) is 15.3 Å². The normalized spacial score (nSPS) is 11.4. The molecule has 6 nitrogen and oxygen atoms in total. The van der Waals surface area contributed by atoms with E-state index in [1.54, 1.807) is 0 Å². The van der Waals surface area contributed by atoms with Crippen molar-refractivity contribution in [2.75, 3.05) is 5.23 Å². The van der Waals surface area contributed by atoms with Crippen molar-refractivity contribution >= 4 is 24.2 Å². The summed E-state index contributed by atoms with van der Waals surface area (Å²) in [5.41, 5.74) is -0.0762. The predicted molar refractivity (Wildman–Crippen MR) is 44.6 cm³/mol. The molecule has 0 heterocycles. The van der Waals surface area contributed by atoms with Gasteiger partial charge in [-0.05, 0) is 0 Å². The summed E-state index contributed by atoms with van der Waals surface area (Å²) in [6, 6.07) is 4.47. The third-order valence-electron chi connectivity index (χ3n) is 1.41. The Hall–Kier alpha value is -0.782. The van der Waals surface area contributed by atoms with Crippen LogP contribution in [0.3, 0.4) is 0 Å². The molecule has 72 valence electrons. The van der Waals surface area contributed by atoms with Gasteiger partial charge in [0.05, 0.1) is 0 Å². The van der Waals surface area contributed by atoms with Crippen molar-refractivity contribution in [3.8, 4) is 0 Å². The zero-order valence-corrected chi connectivity index (χ0v) is 8.24. The van der Waals surface area contributed by atoms with Gasteiger partial charge < -0.3 is 0 Å². The molecule has 0 aliphatic carbocycles. The van der Waals surface area contributed by atoms with Gasteiger partial charge in [0.1, 0.15) is 0 Å². The number of nitrogens with zero attached hydrogens (tertiary/aromatic N) is 1. The van der Waals surface area contributed by atoms with E-state index in [9.17, 15) is 8.95 Å². The first-order valence-corrected chi connectivity index (χ1v) is 6.62. The summed E-state index contributed by atoms with van der Waals surface area (Å²) >= 11 is -4.87. The zero-order chi connectivity index (χ0) is 10.1. The molecular formula is C6H7AsNO5-. The van der Waals surface area contributed by atoms with Gasteiger partial charge in [0.2, 0.25) is 0 Å². The van der Waals surface area contributed by atoms with Crippen molar-refractivity contribution in [1.82, 2.24) is 0 Å². The van der Waals surface area contributed by atoms with E-state index in [1.807, 2.05) is 0 Å². The third kappa shape index (κ3) is 2.58. The Balaban J connectivity index is 3.01. The maximum atomic E-state index is 10.7. The van der Waals surface area contributed by atoms with Crippen molar-refractivity contribution in [2.24, 2.45) is 0 Å². The van der Waals surface area contributed by atoms with Crippen molar-refractivity contribution in [3.63, 3.8) is 0 Å². The van der Waals surface area contributed by atoms with Crippen LogP contribution in [0.2, 0.25) is 0 Å². The van der Waals surface area contributed by atoms with Gasteiger partial charge in [-0.3, -0.25) is 0 Å². The molecule has 0 spiro atoms. The number of hydrogen-bond acceptors (Lipinski definition) is 4. The molecule has 0 aliphatic rings. The number of benzene rings is 1. The minimum atomic E-state index is -4.87. The number of hydrogen-bond donors (Lipinski definition) is 3. The van der Waals surface area contributed by atoms with E-state index in [0.717, 1.165) is 24.3 Å². The van der Waals surface area contributed by atoms with Crippen molar-refractivity contribution in [3.05, 3.63) is 29.5 Å². The summed E-state index contributed by atoms with van der Waals surface area (Å²) in [6.45, 7) is 0. The molecular weight excluding hydrogens is 241 g/mol. The van der Waals surface area contributed by atoms with Crippen LogP contribution in [0.1, 0.15) is 0 Å². The molecule has 1 aromatic carbocycles. The van der Waals surface area contributed by atoms with Crippen LogP contribution >= 0.6 is 0 Å². The fraction of sp³-hybridized carbons (Fsp3) is 0. The average molecular weight is 248 g/mol. The SMILES string of the molecule is O=[As](O)(O)c1ccc(N([O-])O)cc1. The number of rotatable bonds is 2. The van der Waals surface area contributed by atoms with Gasteiger partial charge in [-0.15, -0.1) is 0 Å². The van der Waals surface area contributed by atoms with Gasteiger partial charge in [-0.2, -0.15) is 0 Å².